The van der Waals surface area contributed by atoms with Gasteiger partial charge in [-0.3, -0.25) is 14.4 Å². The number of esters is 1. The fourth-order valence-corrected chi connectivity index (χ4v) is 6.68. The summed E-state index contributed by atoms with van der Waals surface area (Å²) in [6.45, 7) is 9.81. The van der Waals surface area contributed by atoms with Crippen molar-refractivity contribution in [2.75, 3.05) is 0 Å². The Balaban J connectivity index is 1.99. The van der Waals surface area contributed by atoms with E-state index in [1.54, 1.807) is 19.1 Å². The standard InChI is InChI=1S/C26H36O6/c1-15-12-19(32-17(3)27)13-18(24(15)31)14-26(5)16(2)10-11-25(4)20(6-9-23(29)30)21(28)7-8-22(25)26/h12-13,16,20,22,31H,6-11,14H2,1-5H3,(H,29,30)/t16-,20+,22-,25-,26-/m0/s1. The normalized spacial score (nSPS) is 32.3. The number of rotatable bonds is 6. The smallest absolute Gasteiger partial charge is 0.308 e. The van der Waals surface area contributed by atoms with Gasteiger partial charge in [-0.25, -0.2) is 0 Å². The predicted octanol–water partition coefficient (Wildman–Crippen LogP) is 5.07. The highest BCUT2D eigenvalue weighted by Gasteiger charge is 2.58. The van der Waals surface area contributed by atoms with Gasteiger partial charge in [-0.2, -0.15) is 0 Å². The Labute approximate surface area is 190 Å². The number of ketones is 1. The molecule has 2 fully saturated rings. The monoisotopic (exact) mass is 444 g/mol. The molecule has 0 heterocycles. The van der Waals surface area contributed by atoms with Crippen molar-refractivity contribution in [3.63, 3.8) is 0 Å². The van der Waals surface area contributed by atoms with E-state index in [1.165, 1.54) is 6.92 Å². The number of fused-ring (bicyclic) bond motifs is 1. The number of ether oxygens (including phenoxy) is 1. The molecule has 0 aliphatic heterocycles. The molecule has 0 aromatic heterocycles. The van der Waals surface area contributed by atoms with Crippen LogP contribution in [-0.4, -0.2) is 27.9 Å². The molecule has 2 aliphatic carbocycles. The number of Topliss-reactive ketones (excluding diaryl/α,β-unsaturated/α-hetero) is 1. The summed E-state index contributed by atoms with van der Waals surface area (Å²) in [5.41, 5.74) is 0.962. The molecule has 6 nitrogen and oxygen atoms in total. The third-order valence-corrected chi connectivity index (χ3v) is 8.53. The number of aromatic hydroxyl groups is 1. The number of aryl methyl sites for hydroxylation is 1. The Morgan fingerprint density at radius 1 is 1.22 bits per heavy atom. The van der Waals surface area contributed by atoms with Crippen molar-refractivity contribution in [2.45, 2.75) is 79.6 Å². The van der Waals surface area contributed by atoms with Crippen LogP contribution < -0.4 is 4.74 Å². The fourth-order valence-electron chi connectivity index (χ4n) is 6.68. The van der Waals surface area contributed by atoms with Crippen molar-refractivity contribution in [2.24, 2.45) is 28.6 Å². The number of benzene rings is 1. The van der Waals surface area contributed by atoms with Crippen molar-refractivity contribution in [1.82, 2.24) is 0 Å². The third-order valence-electron chi connectivity index (χ3n) is 8.53. The Kier molecular flexibility index (Phi) is 6.73. The average molecular weight is 445 g/mol. The van der Waals surface area contributed by atoms with E-state index >= 15 is 0 Å². The van der Waals surface area contributed by atoms with Crippen LogP contribution in [0.3, 0.4) is 0 Å². The van der Waals surface area contributed by atoms with Crippen molar-refractivity contribution in [3.05, 3.63) is 23.3 Å². The minimum absolute atomic E-state index is 0.00932. The summed E-state index contributed by atoms with van der Waals surface area (Å²) in [5.74, 6) is -0.0783. The fraction of sp³-hybridized carbons (Fsp3) is 0.654. The highest BCUT2D eigenvalue weighted by atomic mass is 16.5. The van der Waals surface area contributed by atoms with Gasteiger partial charge in [0.2, 0.25) is 0 Å². The van der Waals surface area contributed by atoms with Gasteiger partial charge in [0, 0.05) is 25.7 Å². The summed E-state index contributed by atoms with van der Waals surface area (Å²) in [5, 5.41) is 20.0. The number of hydrogen-bond acceptors (Lipinski definition) is 5. The second kappa shape index (κ2) is 8.87. The Morgan fingerprint density at radius 3 is 2.53 bits per heavy atom. The summed E-state index contributed by atoms with van der Waals surface area (Å²) in [6, 6.07) is 3.42. The maximum absolute atomic E-state index is 12.9. The molecule has 2 N–H and O–H groups in total. The first kappa shape index (κ1) is 24.3. The number of phenolic OH excluding ortho intramolecular Hbond substituents is 1. The number of carboxylic acid groups (broad SMARTS) is 1. The first-order valence-corrected chi connectivity index (χ1v) is 11.6. The predicted molar refractivity (Wildman–Crippen MR) is 121 cm³/mol. The number of carbonyl (C=O) groups excluding carboxylic acids is 2. The van der Waals surface area contributed by atoms with Gasteiger partial charge < -0.3 is 14.9 Å². The molecule has 6 heteroatoms. The van der Waals surface area contributed by atoms with E-state index in [4.69, 9.17) is 4.74 Å². The van der Waals surface area contributed by atoms with Crippen molar-refractivity contribution in [3.8, 4) is 11.5 Å². The van der Waals surface area contributed by atoms with Crippen LogP contribution in [0.2, 0.25) is 0 Å². The van der Waals surface area contributed by atoms with Gasteiger partial charge in [-0.05, 0) is 85.0 Å². The van der Waals surface area contributed by atoms with Crippen LogP contribution in [0.5, 0.6) is 11.5 Å². The number of hydrogen-bond donors (Lipinski definition) is 2. The maximum Gasteiger partial charge on any atom is 0.308 e. The van der Waals surface area contributed by atoms with E-state index in [1.807, 2.05) is 0 Å². The second-order valence-corrected chi connectivity index (χ2v) is 10.5. The third kappa shape index (κ3) is 4.41. The van der Waals surface area contributed by atoms with Crippen LogP contribution in [0.4, 0.5) is 0 Å². The molecule has 1 aromatic carbocycles. The average Bonchev–Trinajstić information content (AvgIpc) is 2.68. The first-order valence-electron chi connectivity index (χ1n) is 11.6. The van der Waals surface area contributed by atoms with Crippen LogP contribution in [0.15, 0.2) is 12.1 Å². The highest BCUT2D eigenvalue weighted by molar-refractivity contribution is 5.83. The second-order valence-electron chi connectivity index (χ2n) is 10.5. The lowest BCUT2D eigenvalue weighted by atomic mass is 9.44. The molecule has 0 saturated heterocycles. The van der Waals surface area contributed by atoms with Crippen molar-refractivity contribution in [1.29, 1.82) is 0 Å². The minimum Gasteiger partial charge on any atom is -0.507 e. The molecule has 0 bridgehead atoms. The highest BCUT2D eigenvalue weighted by Crippen LogP contribution is 2.63. The molecule has 2 saturated carbocycles. The van der Waals surface area contributed by atoms with Crippen molar-refractivity contribution < 1.29 is 29.3 Å². The van der Waals surface area contributed by atoms with Crippen molar-refractivity contribution >= 4 is 17.7 Å². The van der Waals surface area contributed by atoms with E-state index in [2.05, 4.69) is 20.8 Å². The van der Waals surface area contributed by atoms with Gasteiger partial charge >= 0.3 is 11.9 Å². The molecule has 3 rings (SSSR count). The first-order chi connectivity index (χ1) is 14.9. The summed E-state index contributed by atoms with van der Waals surface area (Å²) >= 11 is 0. The lowest BCUT2D eigenvalue weighted by molar-refractivity contribution is -0.152. The SMILES string of the molecule is CC(=O)Oc1cc(C)c(O)c(C[C@]2(C)[C@H]3CCC(=O)[C@@H](CCC(=O)O)[C@]3(C)CC[C@@H]2C)c1. The largest absolute Gasteiger partial charge is 0.507 e. The van der Waals surface area contributed by atoms with Crippen LogP contribution in [0.25, 0.3) is 0 Å². The Bertz CT molecular complexity index is 921. The molecular formula is C26H36O6. The summed E-state index contributed by atoms with van der Waals surface area (Å²) in [7, 11) is 0. The Morgan fingerprint density at radius 2 is 1.91 bits per heavy atom. The molecule has 0 spiro atoms. The zero-order valence-corrected chi connectivity index (χ0v) is 19.9. The van der Waals surface area contributed by atoms with E-state index in [0.29, 0.717) is 36.5 Å². The minimum atomic E-state index is -0.863. The van der Waals surface area contributed by atoms with Crippen LogP contribution in [-0.2, 0) is 20.8 Å². The lowest BCUT2D eigenvalue weighted by Gasteiger charge is -2.60. The molecule has 32 heavy (non-hydrogen) atoms. The van der Waals surface area contributed by atoms with Gasteiger partial charge in [-0.15, -0.1) is 0 Å². The zero-order valence-electron chi connectivity index (χ0n) is 19.9. The van der Waals surface area contributed by atoms with E-state index in [9.17, 15) is 24.6 Å². The van der Waals surface area contributed by atoms with E-state index in [-0.39, 0.29) is 40.6 Å². The molecule has 0 unspecified atom stereocenters. The molecule has 1 aromatic rings. The van der Waals surface area contributed by atoms with E-state index in [0.717, 1.165) is 24.8 Å². The maximum atomic E-state index is 12.9. The summed E-state index contributed by atoms with van der Waals surface area (Å²) in [4.78, 5) is 35.6. The summed E-state index contributed by atoms with van der Waals surface area (Å²) < 4.78 is 5.30. The molecule has 0 radical (unpaired) electrons. The molecule has 2 aliphatic rings. The van der Waals surface area contributed by atoms with E-state index < -0.39 is 11.9 Å². The van der Waals surface area contributed by atoms with Gasteiger partial charge in [-0.1, -0.05) is 20.8 Å². The van der Waals surface area contributed by atoms with Gasteiger partial charge in [0.25, 0.3) is 0 Å². The van der Waals surface area contributed by atoms with Gasteiger partial charge in [0.05, 0.1) is 0 Å². The Hall–Kier alpha value is -2.37. The van der Waals surface area contributed by atoms with Crippen LogP contribution >= 0.6 is 0 Å². The molecule has 0 amide bonds. The molecule has 176 valence electrons. The number of aliphatic carboxylic acids is 1. The lowest BCUT2D eigenvalue weighted by Crippen LogP contribution is -2.56. The zero-order chi connectivity index (χ0) is 23.8. The number of carboxylic acids is 1. The molecular weight excluding hydrogens is 408 g/mol. The van der Waals surface area contributed by atoms with Crippen LogP contribution in [0.1, 0.15) is 77.3 Å². The van der Waals surface area contributed by atoms with Gasteiger partial charge in [0.15, 0.2) is 0 Å². The van der Waals surface area contributed by atoms with Crippen LogP contribution in [0, 0.1) is 35.5 Å². The number of phenols is 1. The number of carbonyl (C=O) groups is 3. The van der Waals surface area contributed by atoms with Gasteiger partial charge in [0.1, 0.15) is 17.3 Å². The molecule has 5 atom stereocenters. The topological polar surface area (TPSA) is 101 Å². The summed E-state index contributed by atoms with van der Waals surface area (Å²) in [6.07, 6.45) is 4.12. The quantitative estimate of drug-likeness (QED) is 0.469.